The number of para-hydroxylation sites is 1. The fraction of sp³-hybridized carbons (Fsp3) is 0.0833. The molecule has 0 saturated carbocycles. The number of halogens is 1. The molecule has 20 heavy (non-hydrogen) atoms. The van der Waals surface area contributed by atoms with E-state index in [1.54, 1.807) is 12.1 Å². The molecule has 0 fully saturated rings. The summed E-state index contributed by atoms with van der Waals surface area (Å²) in [5.41, 5.74) is 6.16. The normalized spacial score (nSPS) is 11.3. The first-order valence-corrected chi connectivity index (χ1v) is 9.01. The first-order valence-electron chi connectivity index (χ1n) is 5.51. The summed E-state index contributed by atoms with van der Waals surface area (Å²) < 4.78 is 27.8. The highest BCUT2D eigenvalue weighted by Gasteiger charge is 2.20. The number of benzene rings is 1. The van der Waals surface area contributed by atoms with Crippen molar-refractivity contribution in [1.29, 1.82) is 0 Å². The maximum absolute atomic E-state index is 12.4. The van der Waals surface area contributed by atoms with E-state index in [0.717, 1.165) is 4.90 Å². The number of nitrogens with zero attached hydrogens (tertiary/aromatic N) is 1. The minimum atomic E-state index is -3.78. The van der Waals surface area contributed by atoms with Crippen molar-refractivity contribution in [2.45, 2.75) is 9.79 Å². The van der Waals surface area contributed by atoms with Crippen molar-refractivity contribution in [3.05, 3.63) is 41.0 Å². The lowest BCUT2D eigenvalue weighted by atomic mass is 10.3. The van der Waals surface area contributed by atoms with Gasteiger partial charge in [0.2, 0.25) is 0 Å². The number of nitrogens with one attached hydrogen (secondary N) is 1. The standard InChI is InChI=1S/C12H12BrN3O2S2/c1-19-10-5-3-2-4-9(10)16-20(17,18)11-6-8(13)7-15-12(11)14/h2-7,16H,1H3,(H2,14,15). The third-order valence-corrected chi connectivity index (χ3v) is 5.11. The number of aromatic nitrogens is 1. The molecular formula is C12H12BrN3O2S2. The zero-order valence-electron chi connectivity index (χ0n) is 10.5. The summed E-state index contributed by atoms with van der Waals surface area (Å²) in [6.45, 7) is 0. The van der Waals surface area contributed by atoms with Gasteiger partial charge in [0, 0.05) is 15.6 Å². The Bertz CT molecular complexity index is 735. The minimum Gasteiger partial charge on any atom is -0.383 e. The number of anilines is 2. The van der Waals surface area contributed by atoms with Crippen LogP contribution < -0.4 is 10.5 Å². The monoisotopic (exact) mass is 373 g/mol. The lowest BCUT2D eigenvalue weighted by Gasteiger charge is -2.12. The van der Waals surface area contributed by atoms with Crippen molar-refractivity contribution < 1.29 is 8.42 Å². The van der Waals surface area contributed by atoms with E-state index in [4.69, 9.17) is 5.73 Å². The van der Waals surface area contributed by atoms with Gasteiger partial charge >= 0.3 is 0 Å². The van der Waals surface area contributed by atoms with Gasteiger partial charge in [0.05, 0.1) is 5.69 Å². The first kappa shape index (κ1) is 15.1. The third kappa shape index (κ3) is 3.25. The summed E-state index contributed by atoms with van der Waals surface area (Å²) >= 11 is 4.64. The Morgan fingerprint density at radius 1 is 1.35 bits per heavy atom. The molecule has 5 nitrogen and oxygen atoms in total. The van der Waals surface area contributed by atoms with Crippen molar-refractivity contribution in [1.82, 2.24) is 4.98 Å². The van der Waals surface area contributed by atoms with E-state index >= 15 is 0 Å². The van der Waals surface area contributed by atoms with Gasteiger partial charge in [-0.1, -0.05) is 12.1 Å². The molecule has 8 heteroatoms. The zero-order chi connectivity index (χ0) is 14.8. The van der Waals surface area contributed by atoms with Crippen LogP contribution in [0.3, 0.4) is 0 Å². The molecule has 1 heterocycles. The van der Waals surface area contributed by atoms with E-state index in [1.165, 1.54) is 24.0 Å². The molecule has 0 unspecified atom stereocenters. The van der Waals surface area contributed by atoms with Gasteiger partial charge in [0.1, 0.15) is 10.7 Å². The van der Waals surface area contributed by atoms with E-state index in [1.807, 2.05) is 18.4 Å². The molecule has 1 aromatic heterocycles. The number of nitrogen functional groups attached to an aromatic ring is 1. The van der Waals surface area contributed by atoms with Gasteiger partial charge in [-0.15, -0.1) is 11.8 Å². The second kappa shape index (κ2) is 6.02. The molecule has 3 N–H and O–H groups in total. The van der Waals surface area contributed by atoms with Gasteiger partial charge < -0.3 is 5.73 Å². The number of nitrogens with two attached hydrogens (primary N) is 1. The quantitative estimate of drug-likeness (QED) is 0.804. The largest absolute Gasteiger partial charge is 0.383 e. The average Bonchev–Trinajstić information content (AvgIpc) is 2.41. The minimum absolute atomic E-state index is 0.0395. The molecule has 0 aliphatic carbocycles. The molecule has 1 aromatic carbocycles. The van der Waals surface area contributed by atoms with Crippen LogP contribution in [0.25, 0.3) is 0 Å². The van der Waals surface area contributed by atoms with E-state index in [9.17, 15) is 8.42 Å². The molecule has 106 valence electrons. The number of sulfonamides is 1. The smallest absolute Gasteiger partial charge is 0.265 e. The fourth-order valence-corrected chi connectivity index (χ4v) is 3.86. The molecule has 0 amide bonds. The van der Waals surface area contributed by atoms with Crippen LogP contribution in [0.2, 0.25) is 0 Å². The SMILES string of the molecule is CSc1ccccc1NS(=O)(=O)c1cc(Br)cnc1N. The van der Waals surface area contributed by atoms with Gasteiger partial charge in [0.25, 0.3) is 10.0 Å². The molecule has 0 spiro atoms. The highest BCUT2D eigenvalue weighted by Crippen LogP contribution is 2.28. The maximum Gasteiger partial charge on any atom is 0.265 e. The summed E-state index contributed by atoms with van der Waals surface area (Å²) in [7, 11) is -3.78. The van der Waals surface area contributed by atoms with Crippen LogP contribution in [0.1, 0.15) is 0 Å². The zero-order valence-corrected chi connectivity index (χ0v) is 13.7. The Morgan fingerprint density at radius 3 is 2.75 bits per heavy atom. The van der Waals surface area contributed by atoms with Gasteiger partial charge in [-0.2, -0.15) is 0 Å². The van der Waals surface area contributed by atoms with E-state index < -0.39 is 10.0 Å². The fourth-order valence-electron chi connectivity index (χ4n) is 1.58. The molecule has 2 aromatic rings. The van der Waals surface area contributed by atoms with E-state index in [0.29, 0.717) is 10.2 Å². The van der Waals surface area contributed by atoms with Crippen LogP contribution in [0.4, 0.5) is 11.5 Å². The van der Waals surface area contributed by atoms with Gasteiger partial charge in [-0.3, -0.25) is 4.72 Å². The van der Waals surface area contributed by atoms with Crippen LogP contribution in [0.5, 0.6) is 0 Å². The number of hydrogen-bond donors (Lipinski definition) is 2. The lowest BCUT2D eigenvalue weighted by Crippen LogP contribution is -2.16. The molecular weight excluding hydrogens is 362 g/mol. The topological polar surface area (TPSA) is 85.1 Å². The molecule has 0 bridgehead atoms. The first-order chi connectivity index (χ1) is 9.44. The Hall–Kier alpha value is -1.25. The van der Waals surface area contributed by atoms with Crippen LogP contribution in [-0.4, -0.2) is 19.7 Å². The van der Waals surface area contributed by atoms with Crippen molar-refractivity contribution in [3.63, 3.8) is 0 Å². The number of pyridine rings is 1. The summed E-state index contributed by atoms with van der Waals surface area (Å²) in [4.78, 5) is 4.61. The highest BCUT2D eigenvalue weighted by molar-refractivity contribution is 9.10. The predicted molar refractivity (Wildman–Crippen MR) is 85.4 cm³/mol. The van der Waals surface area contributed by atoms with Gasteiger partial charge in [-0.25, -0.2) is 13.4 Å². The van der Waals surface area contributed by atoms with Crippen molar-refractivity contribution in [3.8, 4) is 0 Å². The summed E-state index contributed by atoms with van der Waals surface area (Å²) in [5, 5.41) is 0. The molecule has 0 radical (unpaired) electrons. The van der Waals surface area contributed by atoms with Crippen LogP contribution in [0.15, 0.2) is 50.8 Å². The van der Waals surface area contributed by atoms with Gasteiger partial charge in [-0.05, 0) is 40.4 Å². The number of hydrogen-bond acceptors (Lipinski definition) is 5. The third-order valence-electron chi connectivity index (χ3n) is 2.49. The Balaban J connectivity index is 2.43. The molecule has 0 aliphatic heterocycles. The highest BCUT2D eigenvalue weighted by atomic mass is 79.9. The summed E-state index contributed by atoms with van der Waals surface area (Å²) in [5.74, 6) is -0.0395. The molecule has 0 saturated heterocycles. The van der Waals surface area contributed by atoms with E-state index in [2.05, 4.69) is 25.6 Å². The molecule has 2 rings (SSSR count). The van der Waals surface area contributed by atoms with Crippen molar-refractivity contribution >= 4 is 49.2 Å². The lowest BCUT2D eigenvalue weighted by molar-refractivity contribution is 0.601. The maximum atomic E-state index is 12.4. The summed E-state index contributed by atoms with van der Waals surface area (Å²) in [6, 6.07) is 8.57. The van der Waals surface area contributed by atoms with E-state index in [-0.39, 0.29) is 10.7 Å². The molecule has 0 aliphatic rings. The van der Waals surface area contributed by atoms with Crippen molar-refractivity contribution in [2.75, 3.05) is 16.7 Å². The Morgan fingerprint density at radius 2 is 2.05 bits per heavy atom. The van der Waals surface area contributed by atoms with Gasteiger partial charge in [0.15, 0.2) is 0 Å². The van der Waals surface area contributed by atoms with Crippen molar-refractivity contribution in [2.24, 2.45) is 0 Å². The van der Waals surface area contributed by atoms with Crippen LogP contribution in [-0.2, 0) is 10.0 Å². The Labute approximate surface area is 130 Å². The summed E-state index contributed by atoms with van der Waals surface area (Å²) in [6.07, 6.45) is 3.33. The predicted octanol–water partition coefficient (Wildman–Crippen LogP) is 2.95. The number of rotatable bonds is 4. The average molecular weight is 374 g/mol. The second-order valence-corrected chi connectivity index (χ2v) is 7.26. The second-order valence-electron chi connectivity index (χ2n) is 3.84. The molecule has 0 atom stereocenters. The number of thioether (sulfide) groups is 1. The van der Waals surface area contributed by atoms with Crippen LogP contribution >= 0.6 is 27.7 Å². The Kier molecular flexibility index (Phi) is 4.56. The van der Waals surface area contributed by atoms with Crippen LogP contribution in [0, 0.1) is 0 Å².